The SMILES string of the molecule is CC(C)(C)OC(=O)N1CCN(C(=O)CCCNc2nc(NCc3ccccc3OC(F)(F)F)ncc2C#N)CC1. The van der Waals surface area contributed by atoms with Gasteiger partial charge in [0.2, 0.25) is 11.9 Å². The first kappa shape index (κ1) is 30.3. The van der Waals surface area contributed by atoms with Crippen LogP contribution in [0.4, 0.5) is 29.7 Å². The number of hydrogen-bond donors (Lipinski definition) is 2. The standard InChI is InChI=1S/C26H32F3N7O4/c1-25(2,3)40-24(38)36-13-11-35(12-14-36)21(37)9-6-10-31-22-19(15-30)17-33-23(34-22)32-16-18-7-4-5-8-20(18)39-26(27,28)29/h4-5,7-8,17H,6,9-14,16H2,1-3H3,(H2,31,32,33,34). The molecule has 2 aromatic rings. The Bertz CT molecular complexity index is 1220. The number of para-hydroxylation sites is 1. The number of halogens is 3. The molecule has 0 aliphatic carbocycles. The fourth-order valence-electron chi connectivity index (χ4n) is 3.80. The third-order valence-corrected chi connectivity index (χ3v) is 5.69. The van der Waals surface area contributed by atoms with E-state index < -0.39 is 18.1 Å². The summed E-state index contributed by atoms with van der Waals surface area (Å²) in [6.07, 6.45) is -3.20. The first-order valence-corrected chi connectivity index (χ1v) is 12.7. The molecule has 2 heterocycles. The van der Waals surface area contributed by atoms with Gasteiger partial charge < -0.3 is 29.9 Å². The van der Waals surface area contributed by atoms with Crippen molar-refractivity contribution in [1.29, 1.82) is 5.26 Å². The van der Waals surface area contributed by atoms with Crippen LogP contribution in [0.2, 0.25) is 0 Å². The molecule has 0 saturated carbocycles. The number of ether oxygens (including phenoxy) is 2. The molecule has 2 amide bonds. The van der Waals surface area contributed by atoms with Gasteiger partial charge in [0.15, 0.2) is 0 Å². The smallest absolute Gasteiger partial charge is 0.444 e. The van der Waals surface area contributed by atoms with E-state index in [1.807, 2.05) is 6.07 Å². The Kier molecular flexibility index (Phi) is 9.98. The highest BCUT2D eigenvalue weighted by Gasteiger charge is 2.32. The minimum atomic E-state index is -4.83. The van der Waals surface area contributed by atoms with E-state index in [9.17, 15) is 28.0 Å². The van der Waals surface area contributed by atoms with E-state index >= 15 is 0 Å². The molecule has 0 spiro atoms. The van der Waals surface area contributed by atoms with E-state index in [2.05, 4.69) is 25.3 Å². The largest absolute Gasteiger partial charge is 0.573 e. The Labute approximate surface area is 230 Å². The maximum absolute atomic E-state index is 12.7. The number of piperazine rings is 1. The Hall–Kier alpha value is -4.28. The molecular weight excluding hydrogens is 531 g/mol. The lowest BCUT2D eigenvalue weighted by Gasteiger charge is -2.35. The minimum absolute atomic E-state index is 0.0454. The van der Waals surface area contributed by atoms with Crippen molar-refractivity contribution in [2.45, 2.75) is 52.1 Å². The number of carbonyl (C=O) groups is 2. The van der Waals surface area contributed by atoms with Crippen molar-refractivity contribution >= 4 is 23.8 Å². The molecule has 1 aromatic heterocycles. The lowest BCUT2D eigenvalue weighted by molar-refractivity contribution is -0.274. The highest BCUT2D eigenvalue weighted by Crippen LogP contribution is 2.26. The molecule has 1 fully saturated rings. The second kappa shape index (κ2) is 13.2. The Morgan fingerprint density at radius 3 is 2.40 bits per heavy atom. The third-order valence-electron chi connectivity index (χ3n) is 5.69. The molecule has 1 aliphatic heterocycles. The van der Waals surface area contributed by atoms with Crippen molar-refractivity contribution in [1.82, 2.24) is 19.8 Å². The second-order valence-electron chi connectivity index (χ2n) is 9.96. The number of nitrogens with zero attached hydrogens (tertiary/aromatic N) is 5. The van der Waals surface area contributed by atoms with Crippen LogP contribution in [-0.2, 0) is 16.1 Å². The predicted molar refractivity (Wildman–Crippen MR) is 139 cm³/mol. The topological polar surface area (TPSA) is 133 Å². The number of nitriles is 1. The highest BCUT2D eigenvalue weighted by molar-refractivity contribution is 5.77. The number of hydrogen-bond acceptors (Lipinski definition) is 9. The van der Waals surface area contributed by atoms with Gasteiger partial charge in [0.25, 0.3) is 0 Å². The molecule has 0 unspecified atom stereocenters. The summed E-state index contributed by atoms with van der Waals surface area (Å²) in [5.41, 5.74) is -0.163. The van der Waals surface area contributed by atoms with Gasteiger partial charge in [0.1, 0.15) is 28.8 Å². The second-order valence-corrected chi connectivity index (χ2v) is 9.96. The fraction of sp³-hybridized carbons (Fsp3) is 0.500. The first-order valence-electron chi connectivity index (χ1n) is 12.7. The molecule has 1 aromatic carbocycles. The summed E-state index contributed by atoms with van der Waals surface area (Å²) in [5, 5.41) is 15.2. The Balaban J connectivity index is 1.47. The number of amides is 2. The minimum Gasteiger partial charge on any atom is -0.444 e. The molecule has 1 saturated heterocycles. The molecule has 3 rings (SSSR count). The molecule has 216 valence electrons. The number of benzene rings is 1. The number of rotatable bonds is 9. The van der Waals surface area contributed by atoms with Gasteiger partial charge in [-0.2, -0.15) is 10.2 Å². The zero-order valence-corrected chi connectivity index (χ0v) is 22.5. The normalized spacial score (nSPS) is 13.8. The van der Waals surface area contributed by atoms with Crippen LogP contribution in [0, 0.1) is 11.3 Å². The van der Waals surface area contributed by atoms with E-state index in [1.165, 1.54) is 24.4 Å². The number of anilines is 2. The van der Waals surface area contributed by atoms with Gasteiger partial charge in [-0.05, 0) is 33.3 Å². The van der Waals surface area contributed by atoms with E-state index in [-0.39, 0.29) is 47.5 Å². The van der Waals surface area contributed by atoms with Gasteiger partial charge in [-0.1, -0.05) is 18.2 Å². The van der Waals surface area contributed by atoms with E-state index in [0.717, 1.165) is 0 Å². The van der Waals surface area contributed by atoms with Crippen molar-refractivity contribution in [2.75, 3.05) is 43.4 Å². The van der Waals surface area contributed by atoms with Gasteiger partial charge in [-0.15, -0.1) is 13.2 Å². The van der Waals surface area contributed by atoms with Crippen LogP contribution in [0.1, 0.15) is 44.7 Å². The lowest BCUT2D eigenvalue weighted by atomic mass is 10.2. The molecular formula is C26H32F3N7O4. The highest BCUT2D eigenvalue weighted by atomic mass is 19.4. The number of aromatic nitrogens is 2. The van der Waals surface area contributed by atoms with Gasteiger partial charge >= 0.3 is 12.5 Å². The number of carbonyl (C=O) groups excluding carboxylic acids is 2. The molecule has 40 heavy (non-hydrogen) atoms. The first-order chi connectivity index (χ1) is 18.8. The van der Waals surface area contributed by atoms with Crippen molar-refractivity contribution in [3.63, 3.8) is 0 Å². The van der Waals surface area contributed by atoms with Gasteiger partial charge in [0.05, 0.1) is 6.20 Å². The molecule has 0 bridgehead atoms. The zero-order valence-electron chi connectivity index (χ0n) is 22.5. The maximum atomic E-state index is 12.7. The summed E-state index contributed by atoms with van der Waals surface area (Å²) in [6, 6.07) is 7.68. The molecule has 14 heteroatoms. The Morgan fingerprint density at radius 2 is 1.75 bits per heavy atom. The molecule has 0 atom stereocenters. The fourth-order valence-corrected chi connectivity index (χ4v) is 3.80. The average molecular weight is 564 g/mol. The average Bonchev–Trinajstić information content (AvgIpc) is 2.89. The van der Waals surface area contributed by atoms with Crippen molar-refractivity contribution in [3.8, 4) is 11.8 Å². The zero-order chi connectivity index (χ0) is 29.3. The van der Waals surface area contributed by atoms with Crippen LogP contribution in [0.3, 0.4) is 0 Å². The van der Waals surface area contributed by atoms with Crippen LogP contribution in [0.15, 0.2) is 30.5 Å². The maximum Gasteiger partial charge on any atom is 0.573 e. The lowest BCUT2D eigenvalue weighted by Crippen LogP contribution is -2.51. The molecule has 1 aliphatic rings. The number of alkyl halides is 3. The van der Waals surface area contributed by atoms with Crippen molar-refractivity contribution < 1.29 is 32.2 Å². The van der Waals surface area contributed by atoms with Crippen LogP contribution in [-0.4, -0.2) is 76.5 Å². The summed E-state index contributed by atoms with van der Waals surface area (Å²) in [7, 11) is 0. The van der Waals surface area contributed by atoms with E-state index in [4.69, 9.17) is 4.74 Å². The summed E-state index contributed by atoms with van der Waals surface area (Å²) < 4.78 is 47.4. The predicted octanol–water partition coefficient (Wildman–Crippen LogP) is 4.13. The Morgan fingerprint density at radius 1 is 1.07 bits per heavy atom. The summed E-state index contributed by atoms with van der Waals surface area (Å²) >= 11 is 0. The monoisotopic (exact) mass is 563 g/mol. The summed E-state index contributed by atoms with van der Waals surface area (Å²) in [6.45, 7) is 7.33. The van der Waals surface area contributed by atoms with Crippen LogP contribution in [0.5, 0.6) is 5.75 Å². The van der Waals surface area contributed by atoms with Crippen LogP contribution in [0.25, 0.3) is 0 Å². The van der Waals surface area contributed by atoms with Crippen LogP contribution >= 0.6 is 0 Å². The molecule has 0 radical (unpaired) electrons. The van der Waals surface area contributed by atoms with Gasteiger partial charge in [-0.25, -0.2) is 9.78 Å². The van der Waals surface area contributed by atoms with E-state index in [1.54, 1.807) is 36.6 Å². The van der Waals surface area contributed by atoms with Crippen molar-refractivity contribution in [3.05, 3.63) is 41.6 Å². The summed E-state index contributed by atoms with van der Waals surface area (Å²) in [5.74, 6) is -0.0539. The molecule has 11 nitrogen and oxygen atoms in total. The number of nitrogens with one attached hydrogen (secondary N) is 2. The van der Waals surface area contributed by atoms with Crippen molar-refractivity contribution in [2.24, 2.45) is 0 Å². The summed E-state index contributed by atoms with van der Waals surface area (Å²) in [4.78, 5) is 36.4. The quantitative estimate of drug-likeness (QED) is 0.432. The van der Waals surface area contributed by atoms with E-state index in [0.29, 0.717) is 39.1 Å². The van der Waals surface area contributed by atoms with Crippen LogP contribution < -0.4 is 15.4 Å². The third kappa shape index (κ3) is 9.48. The molecule has 2 N–H and O–H groups in total. The van der Waals surface area contributed by atoms with Gasteiger partial charge in [0, 0.05) is 51.3 Å². The van der Waals surface area contributed by atoms with Gasteiger partial charge in [-0.3, -0.25) is 4.79 Å².